The molecule has 0 radical (unpaired) electrons. The third-order valence-electron chi connectivity index (χ3n) is 2.10. The van der Waals surface area contributed by atoms with Gasteiger partial charge in [-0.05, 0) is 20.3 Å². The molecule has 0 atom stereocenters. The molecule has 0 unspecified atom stereocenters. The Bertz CT molecular complexity index is 247. The molecule has 0 heterocycles. The van der Waals surface area contributed by atoms with Crippen LogP contribution in [0.25, 0.3) is 0 Å². The van der Waals surface area contributed by atoms with Gasteiger partial charge in [0.2, 0.25) is 0 Å². The Morgan fingerprint density at radius 1 is 1.31 bits per heavy atom. The fraction of sp³-hybridized carbons (Fsp3) is 0.800. The van der Waals surface area contributed by atoms with Crippen molar-refractivity contribution in [2.75, 3.05) is 11.9 Å². The van der Waals surface area contributed by atoms with Crippen molar-refractivity contribution in [3.8, 4) is 0 Å². The molecule has 0 N–H and O–H groups in total. The molecule has 0 bridgehead atoms. The van der Waals surface area contributed by atoms with Gasteiger partial charge in [0.25, 0.3) is 5.91 Å². The number of carbonyl (C=O) groups excluding carboxylic acids is 2. The van der Waals surface area contributed by atoms with Crippen molar-refractivity contribution in [2.24, 2.45) is 0 Å². The molecule has 16 heavy (non-hydrogen) atoms. The second kappa shape index (κ2) is 7.70. The van der Waals surface area contributed by atoms with Gasteiger partial charge in [-0.2, -0.15) is 8.78 Å². The summed E-state index contributed by atoms with van der Waals surface area (Å²) in [6.45, 7) is 3.54. The molecule has 0 spiro atoms. The molecular weight excluding hydrogens is 284 g/mol. The van der Waals surface area contributed by atoms with Crippen molar-refractivity contribution in [1.29, 1.82) is 0 Å². The second-order valence-corrected chi connectivity index (χ2v) is 4.26. The molecule has 0 rings (SSSR count). The number of rotatable bonds is 7. The van der Waals surface area contributed by atoms with Gasteiger partial charge in [-0.25, -0.2) is 0 Å². The lowest BCUT2D eigenvalue weighted by atomic mass is 10.2. The van der Waals surface area contributed by atoms with Gasteiger partial charge in [0.15, 0.2) is 0 Å². The van der Waals surface area contributed by atoms with Crippen LogP contribution < -0.4 is 0 Å². The normalized spacial score (nSPS) is 10.9. The van der Waals surface area contributed by atoms with E-state index in [-0.39, 0.29) is 23.7 Å². The molecule has 0 fully saturated rings. The van der Waals surface area contributed by atoms with E-state index in [1.54, 1.807) is 13.8 Å². The van der Waals surface area contributed by atoms with Gasteiger partial charge < -0.3 is 4.90 Å². The average molecular weight is 300 g/mol. The van der Waals surface area contributed by atoms with Crippen LogP contribution >= 0.6 is 15.9 Å². The summed E-state index contributed by atoms with van der Waals surface area (Å²) >= 11 is 3.01. The van der Waals surface area contributed by atoms with Crippen molar-refractivity contribution in [3.05, 3.63) is 0 Å². The van der Waals surface area contributed by atoms with E-state index >= 15 is 0 Å². The predicted octanol–water partition coefficient (Wildman–Crippen LogP) is 2.23. The van der Waals surface area contributed by atoms with E-state index in [1.165, 1.54) is 0 Å². The predicted molar refractivity (Wildman–Crippen MR) is 60.9 cm³/mol. The molecule has 3 nitrogen and oxygen atoms in total. The first kappa shape index (κ1) is 15.5. The van der Waals surface area contributed by atoms with Gasteiger partial charge >= 0.3 is 6.43 Å². The monoisotopic (exact) mass is 299 g/mol. The van der Waals surface area contributed by atoms with Crippen LogP contribution in [-0.4, -0.2) is 40.9 Å². The second-order valence-electron chi connectivity index (χ2n) is 3.70. The Balaban J connectivity index is 4.15. The minimum absolute atomic E-state index is 0.00759. The van der Waals surface area contributed by atoms with Gasteiger partial charge in [0.05, 0.1) is 5.33 Å². The Morgan fingerprint density at radius 3 is 2.25 bits per heavy atom. The van der Waals surface area contributed by atoms with Crippen molar-refractivity contribution in [2.45, 2.75) is 39.2 Å². The number of nitrogens with zero attached hydrogens (tertiary/aromatic N) is 1. The molecule has 0 saturated carbocycles. The van der Waals surface area contributed by atoms with Crippen LogP contribution in [0.1, 0.15) is 26.7 Å². The summed E-state index contributed by atoms with van der Waals surface area (Å²) in [5, 5.41) is 0.261. The molecule has 0 aromatic rings. The van der Waals surface area contributed by atoms with Crippen molar-refractivity contribution < 1.29 is 18.4 Å². The van der Waals surface area contributed by atoms with Gasteiger partial charge in [0, 0.05) is 19.0 Å². The van der Waals surface area contributed by atoms with Crippen molar-refractivity contribution in [1.82, 2.24) is 4.90 Å². The van der Waals surface area contributed by atoms with Crippen LogP contribution in [0.5, 0.6) is 0 Å². The van der Waals surface area contributed by atoms with Crippen LogP contribution in [-0.2, 0) is 9.59 Å². The van der Waals surface area contributed by atoms with Crippen molar-refractivity contribution in [3.63, 3.8) is 0 Å². The van der Waals surface area contributed by atoms with E-state index in [4.69, 9.17) is 0 Å². The standard InChI is InChI=1S/C10H16BrF2NO2/c1-7(2)14(10(16)9(12)13)5-3-4-8(15)6-11/h7,9H,3-6H2,1-2H3. The molecule has 0 saturated heterocycles. The summed E-state index contributed by atoms with van der Waals surface area (Å²) in [5.74, 6) is -1.16. The first-order chi connectivity index (χ1) is 7.40. The maximum atomic E-state index is 12.2. The topological polar surface area (TPSA) is 37.4 Å². The molecule has 0 aliphatic rings. The first-order valence-electron chi connectivity index (χ1n) is 5.06. The first-order valence-corrected chi connectivity index (χ1v) is 6.18. The lowest BCUT2D eigenvalue weighted by molar-refractivity contribution is -0.144. The number of halogens is 3. The SMILES string of the molecule is CC(C)N(CCCC(=O)CBr)C(=O)C(F)F. The number of ketones is 1. The molecule has 0 aromatic heterocycles. The zero-order chi connectivity index (χ0) is 12.7. The molecular formula is C10H16BrF2NO2. The Morgan fingerprint density at radius 2 is 1.88 bits per heavy atom. The third kappa shape index (κ3) is 5.53. The van der Waals surface area contributed by atoms with E-state index in [9.17, 15) is 18.4 Å². The lowest BCUT2D eigenvalue weighted by Crippen LogP contribution is -2.41. The van der Waals surface area contributed by atoms with Crippen LogP contribution in [0.4, 0.5) is 8.78 Å². The van der Waals surface area contributed by atoms with Gasteiger partial charge in [0.1, 0.15) is 5.78 Å². The Kier molecular flexibility index (Phi) is 7.45. The summed E-state index contributed by atoms with van der Waals surface area (Å²) < 4.78 is 24.5. The largest absolute Gasteiger partial charge is 0.335 e. The lowest BCUT2D eigenvalue weighted by Gasteiger charge is -2.26. The van der Waals surface area contributed by atoms with Gasteiger partial charge in [-0.3, -0.25) is 9.59 Å². The van der Waals surface area contributed by atoms with E-state index in [1.807, 2.05) is 0 Å². The quantitative estimate of drug-likeness (QED) is 0.676. The Labute approximate surface area is 102 Å². The summed E-state index contributed by atoms with van der Waals surface area (Å²) in [6.07, 6.45) is -2.26. The maximum Gasteiger partial charge on any atom is 0.315 e. The highest BCUT2D eigenvalue weighted by Gasteiger charge is 2.24. The van der Waals surface area contributed by atoms with E-state index in [2.05, 4.69) is 15.9 Å². The fourth-order valence-electron chi connectivity index (χ4n) is 1.26. The molecule has 0 aliphatic heterocycles. The number of Topliss-reactive ketones (excluding diaryl/α,β-unsaturated/α-hetero) is 1. The highest BCUT2D eigenvalue weighted by atomic mass is 79.9. The van der Waals surface area contributed by atoms with Crippen LogP contribution in [0.2, 0.25) is 0 Å². The zero-order valence-corrected chi connectivity index (χ0v) is 11.0. The van der Waals surface area contributed by atoms with Crippen LogP contribution in [0.15, 0.2) is 0 Å². The van der Waals surface area contributed by atoms with Crippen LogP contribution in [0, 0.1) is 0 Å². The summed E-state index contributed by atoms with van der Waals surface area (Å²) in [7, 11) is 0. The zero-order valence-electron chi connectivity index (χ0n) is 9.38. The Hall–Kier alpha value is -0.520. The smallest absolute Gasteiger partial charge is 0.315 e. The van der Waals surface area contributed by atoms with Crippen molar-refractivity contribution >= 4 is 27.6 Å². The van der Waals surface area contributed by atoms with Gasteiger partial charge in [-0.1, -0.05) is 15.9 Å². The van der Waals surface area contributed by atoms with E-state index in [0.29, 0.717) is 12.8 Å². The highest BCUT2D eigenvalue weighted by molar-refractivity contribution is 9.09. The minimum atomic E-state index is -2.98. The summed E-state index contributed by atoms with van der Waals surface area (Å²) in [5.41, 5.74) is 0. The number of hydrogen-bond donors (Lipinski definition) is 0. The van der Waals surface area contributed by atoms with E-state index in [0.717, 1.165) is 4.90 Å². The molecule has 1 amide bonds. The maximum absolute atomic E-state index is 12.2. The van der Waals surface area contributed by atoms with Crippen LogP contribution in [0.3, 0.4) is 0 Å². The molecule has 94 valence electrons. The third-order valence-corrected chi connectivity index (χ3v) is 2.72. The number of hydrogen-bond acceptors (Lipinski definition) is 2. The van der Waals surface area contributed by atoms with Gasteiger partial charge in [-0.15, -0.1) is 0 Å². The summed E-state index contributed by atoms with van der Waals surface area (Å²) in [6, 6.07) is -0.277. The number of amides is 1. The highest BCUT2D eigenvalue weighted by Crippen LogP contribution is 2.08. The molecule has 0 aliphatic carbocycles. The number of carbonyl (C=O) groups is 2. The fourth-order valence-corrected chi connectivity index (χ4v) is 1.54. The molecule has 0 aromatic carbocycles. The number of alkyl halides is 3. The minimum Gasteiger partial charge on any atom is -0.335 e. The average Bonchev–Trinajstić information content (AvgIpc) is 2.22. The summed E-state index contributed by atoms with van der Waals surface area (Å²) in [4.78, 5) is 23.2. The van der Waals surface area contributed by atoms with E-state index < -0.39 is 12.3 Å². The molecule has 6 heteroatoms.